The first-order valence-electron chi connectivity index (χ1n) is 6.81. The Balaban J connectivity index is 1.77. The Labute approximate surface area is 114 Å². The molecule has 1 aromatic carbocycles. The second-order valence-corrected chi connectivity index (χ2v) is 5.94. The molecule has 0 aromatic heterocycles. The SMILES string of the molecule is CN1C(=S)[C@H](Cc2ccccc2)NC12CCCC2. The van der Waals surface area contributed by atoms with Gasteiger partial charge in [-0.1, -0.05) is 42.5 Å². The molecule has 1 N–H and O–H groups in total. The first kappa shape index (κ1) is 12.1. The molecule has 1 spiro atoms. The maximum atomic E-state index is 5.64. The molecule has 1 saturated carbocycles. The summed E-state index contributed by atoms with van der Waals surface area (Å²) in [6.45, 7) is 0. The number of hydrogen-bond acceptors (Lipinski definition) is 2. The number of rotatable bonds is 2. The number of thiocarbonyl (C=S) groups is 1. The quantitative estimate of drug-likeness (QED) is 0.823. The van der Waals surface area contributed by atoms with Gasteiger partial charge in [0.05, 0.1) is 16.7 Å². The third-order valence-electron chi connectivity index (χ3n) is 4.43. The van der Waals surface area contributed by atoms with Gasteiger partial charge in [-0.05, 0) is 37.7 Å². The van der Waals surface area contributed by atoms with Crippen LogP contribution in [0.4, 0.5) is 0 Å². The molecule has 0 amide bonds. The fourth-order valence-electron chi connectivity index (χ4n) is 3.36. The summed E-state index contributed by atoms with van der Waals surface area (Å²) >= 11 is 5.64. The summed E-state index contributed by atoms with van der Waals surface area (Å²) in [4.78, 5) is 3.41. The van der Waals surface area contributed by atoms with Crippen LogP contribution in [0.1, 0.15) is 31.2 Å². The highest BCUT2D eigenvalue weighted by Crippen LogP contribution is 2.37. The van der Waals surface area contributed by atoms with Crippen molar-refractivity contribution in [2.75, 3.05) is 7.05 Å². The Morgan fingerprint density at radius 1 is 1.28 bits per heavy atom. The zero-order valence-corrected chi connectivity index (χ0v) is 11.7. The van der Waals surface area contributed by atoms with Crippen molar-refractivity contribution in [3.05, 3.63) is 35.9 Å². The molecule has 1 atom stereocenters. The average molecular weight is 260 g/mol. The lowest BCUT2D eigenvalue weighted by Gasteiger charge is -2.32. The summed E-state index contributed by atoms with van der Waals surface area (Å²) in [6, 6.07) is 11.0. The maximum absolute atomic E-state index is 5.64. The Hall–Kier alpha value is -0.930. The normalized spacial score (nSPS) is 26.2. The minimum absolute atomic E-state index is 0.163. The number of benzene rings is 1. The average Bonchev–Trinajstić information content (AvgIpc) is 2.94. The van der Waals surface area contributed by atoms with Crippen LogP contribution in [0.25, 0.3) is 0 Å². The van der Waals surface area contributed by atoms with Gasteiger partial charge in [0.1, 0.15) is 0 Å². The first-order chi connectivity index (χ1) is 8.71. The summed E-state index contributed by atoms with van der Waals surface area (Å²) in [5.74, 6) is 0. The number of likely N-dealkylation sites (N-methyl/N-ethyl adjacent to an activating group) is 1. The molecule has 1 aliphatic carbocycles. The minimum Gasteiger partial charge on any atom is -0.350 e. The molecule has 3 rings (SSSR count). The van der Waals surface area contributed by atoms with E-state index in [0.717, 1.165) is 11.4 Å². The van der Waals surface area contributed by atoms with Crippen molar-refractivity contribution in [3.63, 3.8) is 0 Å². The summed E-state index contributed by atoms with van der Waals surface area (Å²) in [6.07, 6.45) is 6.10. The zero-order valence-electron chi connectivity index (χ0n) is 10.9. The zero-order chi connectivity index (χ0) is 12.6. The van der Waals surface area contributed by atoms with E-state index < -0.39 is 0 Å². The molecule has 2 aliphatic rings. The summed E-state index contributed by atoms with van der Waals surface area (Å²) in [5, 5.41) is 3.80. The largest absolute Gasteiger partial charge is 0.350 e. The van der Waals surface area contributed by atoms with E-state index in [2.05, 4.69) is 47.6 Å². The van der Waals surface area contributed by atoms with Gasteiger partial charge in [-0.2, -0.15) is 0 Å². The van der Waals surface area contributed by atoms with E-state index in [1.54, 1.807) is 0 Å². The Kier molecular flexibility index (Phi) is 3.12. The molecule has 96 valence electrons. The molecule has 1 aliphatic heterocycles. The van der Waals surface area contributed by atoms with E-state index in [-0.39, 0.29) is 5.66 Å². The third kappa shape index (κ3) is 1.95. The fraction of sp³-hybridized carbons (Fsp3) is 0.533. The van der Waals surface area contributed by atoms with E-state index in [0.29, 0.717) is 6.04 Å². The van der Waals surface area contributed by atoms with Gasteiger partial charge >= 0.3 is 0 Å². The van der Waals surface area contributed by atoms with Crippen molar-refractivity contribution in [2.45, 2.75) is 43.8 Å². The number of hydrogen-bond donors (Lipinski definition) is 1. The van der Waals surface area contributed by atoms with Crippen molar-refractivity contribution >= 4 is 17.2 Å². The van der Waals surface area contributed by atoms with Crippen molar-refractivity contribution < 1.29 is 0 Å². The van der Waals surface area contributed by atoms with Gasteiger partial charge in [-0.25, -0.2) is 0 Å². The predicted octanol–water partition coefficient (Wildman–Crippen LogP) is 2.73. The van der Waals surface area contributed by atoms with E-state index in [4.69, 9.17) is 12.2 Å². The highest BCUT2D eigenvalue weighted by atomic mass is 32.1. The van der Waals surface area contributed by atoms with Gasteiger partial charge < -0.3 is 4.90 Å². The van der Waals surface area contributed by atoms with E-state index in [1.807, 2.05) is 0 Å². The molecular weight excluding hydrogens is 240 g/mol. The molecule has 1 heterocycles. The van der Waals surface area contributed by atoms with Gasteiger partial charge in [0.2, 0.25) is 0 Å². The van der Waals surface area contributed by atoms with Gasteiger partial charge in [0, 0.05) is 7.05 Å². The number of nitrogens with zero attached hydrogens (tertiary/aromatic N) is 1. The Bertz CT molecular complexity index is 437. The monoisotopic (exact) mass is 260 g/mol. The van der Waals surface area contributed by atoms with Gasteiger partial charge in [0.15, 0.2) is 0 Å². The van der Waals surface area contributed by atoms with Crippen LogP contribution in [0, 0.1) is 0 Å². The summed E-state index contributed by atoms with van der Waals surface area (Å²) in [7, 11) is 2.16. The molecule has 2 fully saturated rings. The molecule has 1 aromatic rings. The summed E-state index contributed by atoms with van der Waals surface area (Å²) < 4.78 is 0. The Morgan fingerprint density at radius 2 is 1.94 bits per heavy atom. The van der Waals surface area contributed by atoms with E-state index >= 15 is 0 Å². The lowest BCUT2D eigenvalue weighted by Crippen LogP contribution is -2.48. The first-order valence-corrected chi connectivity index (χ1v) is 7.21. The van der Waals surface area contributed by atoms with Crippen LogP contribution >= 0.6 is 12.2 Å². The lowest BCUT2D eigenvalue weighted by atomic mass is 10.1. The van der Waals surface area contributed by atoms with Crippen LogP contribution in [0.5, 0.6) is 0 Å². The molecule has 1 saturated heterocycles. The molecule has 2 nitrogen and oxygen atoms in total. The van der Waals surface area contributed by atoms with Crippen molar-refractivity contribution in [1.29, 1.82) is 0 Å². The van der Waals surface area contributed by atoms with Crippen LogP contribution < -0.4 is 5.32 Å². The van der Waals surface area contributed by atoms with Crippen LogP contribution in [-0.4, -0.2) is 28.6 Å². The number of nitrogens with one attached hydrogen (secondary N) is 1. The van der Waals surface area contributed by atoms with Crippen molar-refractivity contribution in [1.82, 2.24) is 10.2 Å². The highest BCUT2D eigenvalue weighted by molar-refractivity contribution is 7.80. The van der Waals surface area contributed by atoms with Crippen LogP contribution in [-0.2, 0) is 6.42 Å². The van der Waals surface area contributed by atoms with E-state index in [9.17, 15) is 0 Å². The fourth-order valence-corrected chi connectivity index (χ4v) is 3.67. The minimum atomic E-state index is 0.163. The highest BCUT2D eigenvalue weighted by Gasteiger charge is 2.47. The predicted molar refractivity (Wildman–Crippen MR) is 78.6 cm³/mol. The molecule has 3 heteroatoms. The van der Waals surface area contributed by atoms with Crippen LogP contribution in [0.2, 0.25) is 0 Å². The van der Waals surface area contributed by atoms with Crippen LogP contribution in [0.15, 0.2) is 30.3 Å². The Morgan fingerprint density at radius 3 is 2.61 bits per heavy atom. The topological polar surface area (TPSA) is 15.3 Å². The maximum Gasteiger partial charge on any atom is 0.0967 e. The molecule has 0 radical (unpaired) electrons. The molecular formula is C15H20N2S. The van der Waals surface area contributed by atoms with Gasteiger partial charge in [0.25, 0.3) is 0 Å². The van der Waals surface area contributed by atoms with Crippen molar-refractivity contribution in [2.24, 2.45) is 0 Å². The van der Waals surface area contributed by atoms with E-state index in [1.165, 1.54) is 31.2 Å². The van der Waals surface area contributed by atoms with Crippen LogP contribution in [0.3, 0.4) is 0 Å². The van der Waals surface area contributed by atoms with Gasteiger partial charge in [-0.15, -0.1) is 0 Å². The second kappa shape index (κ2) is 4.63. The molecule has 18 heavy (non-hydrogen) atoms. The third-order valence-corrected chi connectivity index (χ3v) is 4.99. The molecule has 0 unspecified atom stereocenters. The second-order valence-electron chi connectivity index (χ2n) is 5.52. The lowest BCUT2D eigenvalue weighted by molar-refractivity contribution is 0.197. The standard InChI is InChI=1S/C15H20N2S/c1-17-14(18)13(11-12-7-3-2-4-8-12)16-15(17)9-5-6-10-15/h2-4,7-8,13,16H,5-6,9-11H2,1H3/t13-/m0/s1. The smallest absolute Gasteiger partial charge is 0.0967 e. The van der Waals surface area contributed by atoms with Gasteiger partial charge in [-0.3, -0.25) is 5.32 Å². The van der Waals surface area contributed by atoms with Crippen molar-refractivity contribution in [3.8, 4) is 0 Å². The molecule has 0 bridgehead atoms. The summed E-state index contributed by atoms with van der Waals surface area (Å²) in [5.41, 5.74) is 1.53.